The third-order valence-electron chi connectivity index (χ3n) is 4.39. The number of benzene rings is 1. The third kappa shape index (κ3) is 5.55. The van der Waals surface area contributed by atoms with Crippen LogP contribution in [0, 0.1) is 12.8 Å². The normalized spacial score (nSPS) is 21.1. The molecule has 1 aromatic carbocycles. The van der Waals surface area contributed by atoms with Crippen LogP contribution in [-0.2, 0) is 14.3 Å². The summed E-state index contributed by atoms with van der Waals surface area (Å²) < 4.78 is 5.00. The zero-order chi connectivity index (χ0) is 16.7. The summed E-state index contributed by atoms with van der Waals surface area (Å²) in [5.74, 6) is -0.231. The Kier molecular flexibility index (Phi) is 6.39. The first-order valence-electron chi connectivity index (χ1n) is 8.26. The molecule has 1 aromatic rings. The molecule has 23 heavy (non-hydrogen) atoms. The fourth-order valence-corrected chi connectivity index (χ4v) is 2.90. The van der Waals surface area contributed by atoms with Crippen LogP contribution in [0.4, 0.5) is 0 Å². The maximum atomic E-state index is 11.9. The molecule has 0 aliphatic heterocycles. The predicted octanol–water partition coefficient (Wildman–Crippen LogP) is 3.25. The minimum absolute atomic E-state index is 0.206. The summed E-state index contributed by atoms with van der Waals surface area (Å²) in [6.45, 7) is 3.91. The van der Waals surface area contributed by atoms with Crippen molar-refractivity contribution in [3.8, 4) is 0 Å². The van der Waals surface area contributed by atoms with Crippen LogP contribution in [0.2, 0.25) is 0 Å². The molecule has 0 unspecified atom stereocenters. The summed E-state index contributed by atoms with van der Waals surface area (Å²) >= 11 is 0. The number of nitrogens with one attached hydrogen (secondary N) is 1. The quantitative estimate of drug-likeness (QED) is 0.670. The summed E-state index contributed by atoms with van der Waals surface area (Å²) in [6, 6.07) is 7.97. The highest BCUT2D eigenvalue weighted by molar-refractivity contribution is 5.89. The van der Waals surface area contributed by atoms with E-state index >= 15 is 0 Å². The van der Waals surface area contributed by atoms with E-state index in [4.69, 9.17) is 4.74 Å². The molecule has 1 N–H and O–H groups in total. The molecule has 1 aliphatic rings. The van der Waals surface area contributed by atoms with Crippen molar-refractivity contribution in [3.05, 3.63) is 41.5 Å². The number of amides is 1. The number of aryl methyl sites for hydroxylation is 1. The van der Waals surface area contributed by atoms with E-state index in [2.05, 4.69) is 12.2 Å². The molecule has 4 heteroatoms. The number of hydrogen-bond donors (Lipinski definition) is 1. The maximum Gasteiger partial charge on any atom is 0.331 e. The topological polar surface area (TPSA) is 55.4 Å². The lowest BCUT2D eigenvalue weighted by Gasteiger charge is -2.29. The van der Waals surface area contributed by atoms with Crippen LogP contribution in [0.5, 0.6) is 0 Å². The van der Waals surface area contributed by atoms with E-state index in [-0.39, 0.29) is 18.6 Å². The number of carbonyl (C=O) groups excluding carboxylic acids is 2. The molecule has 1 amide bonds. The molecule has 1 aliphatic carbocycles. The Hall–Kier alpha value is -2.10. The molecule has 0 aromatic heterocycles. The predicted molar refractivity (Wildman–Crippen MR) is 90.7 cm³/mol. The average molecular weight is 315 g/mol. The standard InChI is InChI=1S/C19H25NO3/c1-14-7-3-5-9-16(14)11-12-19(22)23-13-18(21)20-17-10-6-4-8-15(17)2/h3,5,7,9,11-12,15,17H,4,6,8,10,13H2,1-2H3,(H,20,21)/b12-11+/t15-,17+/m1/s1. The molecular weight excluding hydrogens is 290 g/mol. The van der Waals surface area contributed by atoms with Crippen LogP contribution in [0.3, 0.4) is 0 Å². The molecule has 4 nitrogen and oxygen atoms in total. The largest absolute Gasteiger partial charge is 0.452 e. The van der Waals surface area contributed by atoms with Crippen LogP contribution in [0.1, 0.15) is 43.7 Å². The highest BCUT2D eigenvalue weighted by Gasteiger charge is 2.22. The van der Waals surface area contributed by atoms with Gasteiger partial charge in [-0.25, -0.2) is 4.79 Å². The van der Waals surface area contributed by atoms with Crippen molar-refractivity contribution in [1.82, 2.24) is 5.32 Å². The van der Waals surface area contributed by atoms with Crippen LogP contribution in [0.25, 0.3) is 6.08 Å². The van der Waals surface area contributed by atoms with Gasteiger partial charge in [-0.2, -0.15) is 0 Å². The van der Waals surface area contributed by atoms with Crippen LogP contribution < -0.4 is 5.32 Å². The molecule has 1 fully saturated rings. The van der Waals surface area contributed by atoms with E-state index in [1.165, 1.54) is 12.5 Å². The first kappa shape index (κ1) is 17.3. The van der Waals surface area contributed by atoms with Gasteiger partial charge < -0.3 is 10.1 Å². The van der Waals surface area contributed by atoms with Crippen molar-refractivity contribution in [1.29, 1.82) is 0 Å². The van der Waals surface area contributed by atoms with E-state index in [1.807, 2.05) is 31.2 Å². The van der Waals surface area contributed by atoms with Gasteiger partial charge in [0.05, 0.1) is 0 Å². The zero-order valence-electron chi connectivity index (χ0n) is 13.9. The third-order valence-corrected chi connectivity index (χ3v) is 4.39. The van der Waals surface area contributed by atoms with Gasteiger partial charge in [-0.3, -0.25) is 4.79 Å². The minimum Gasteiger partial charge on any atom is -0.452 e. The summed E-state index contributed by atoms with van der Waals surface area (Å²) in [6.07, 6.45) is 7.59. The molecule has 2 atom stereocenters. The lowest BCUT2D eigenvalue weighted by atomic mass is 9.86. The van der Waals surface area contributed by atoms with Gasteiger partial charge in [0.1, 0.15) is 0 Å². The van der Waals surface area contributed by atoms with E-state index in [0.717, 1.165) is 30.4 Å². The van der Waals surface area contributed by atoms with Gasteiger partial charge in [0.15, 0.2) is 6.61 Å². The molecule has 2 rings (SSSR count). The maximum absolute atomic E-state index is 11.9. The molecule has 0 radical (unpaired) electrons. The molecular formula is C19H25NO3. The highest BCUT2D eigenvalue weighted by atomic mass is 16.5. The Bertz CT molecular complexity index is 580. The Morgan fingerprint density at radius 3 is 2.74 bits per heavy atom. The van der Waals surface area contributed by atoms with E-state index < -0.39 is 5.97 Å². The average Bonchev–Trinajstić information content (AvgIpc) is 2.54. The molecule has 1 saturated carbocycles. The Morgan fingerprint density at radius 1 is 1.26 bits per heavy atom. The van der Waals surface area contributed by atoms with Gasteiger partial charge in [-0.05, 0) is 42.9 Å². The van der Waals surface area contributed by atoms with E-state index in [0.29, 0.717) is 5.92 Å². The molecule has 0 bridgehead atoms. The van der Waals surface area contributed by atoms with Crippen LogP contribution >= 0.6 is 0 Å². The van der Waals surface area contributed by atoms with Gasteiger partial charge in [0, 0.05) is 12.1 Å². The van der Waals surface area contributed by atoms with Crippen molar-refractivity contribution in [2.75, 3.05) is 6.61 Å². The van der Waals surface area contributed by atoms with Gasteiger partial charge in [0.25, 0.3) is 5.91 Å². The van der Waals surface area contributed by atoms with Gasteiger partial charge in [-0.1, -0.05) is 44.0 Å². The molecule has 0 spiro atoms. The minimum atomic E-state index is -0.500. The van der Waals surface area contributed by atoms with Crippen molar-refractivity contribution in [3.63, 3.8) is 0 Å². The fourth-order valence-electron chi connectivity index (χ4n) is 2.90. The van der Waals surface area contributed by atoms with Crippen molar-refractivity contribution >= 4 is 18.0 Å². The molecule has 124 valence electrons. The highest BCUT2D eigenvalue weighted by Crippen LogP contribution is 2.23. The number of rotatable bonds is 5. The Labute approximate surface area is 137 Å². The lowest BCUT2D eigenvalue weighted by Crippen LogP contribution is -2.42. The van der Waals surface area contributed by atoms with Crippen molar-refractivity contribution in [2.24, 2.45) is 5.92 Å². The molecule has 0 heterocycles. The van der Waals surface area contributed by atoms with Crippen LogP contribution in [0.15, 0.2) is 30.3 Å². The van der Waals surface area contributed by atoms with Crippen molar-refractivity contribution < 1.29 is 14.3 Å². The van der Waals surface area contributed by atoms with E-state index in [9.17, 15) is 9.59 Å². The number of hydrogen-bond acceptors (Lipinski definition) is 3. The van der Waals surface area contributed by atoms with Gasteiger partial charge in [0.2, 0.25) is 0 Å². The SMILES string of the molecule is Cc1ccccc1/C=C/C(=O)OCC(=O)N[C@H]1CCCC[C@H]1C. The molecule has 0 saturated heterocycles. The summed E-state index contributed by atoms with van der Waals surface area (Å²) in [5, 5.41) is 2.97. The summed E-state index contributed by atoms with van der Waals surface area (Å²) in [5.41, 5.74) is 2.05. The first-order valence-corrected chi connectivity index (χ1v) is 8.26. The Morgan fingerprint density at radius 2 is 2.00 bits per heavy atom. The number of carbonyl (C=O) groups is 2. The second-order valence-electron chi connectivity index (χ2n) is 6.23. The summed E-state index contributed by atoms with van der Waals surface area (Å²) in [4.78, 5) is 23.6. The zero-order valence-corrected chi connectivity index (χ0v) is 13.9. The Balaban J connectivity index is 1.75. The second-order valence-corrected chi connectivity index (χ2v) is 6.23. The number of ether oxygens (including phenoxy) is 1. The number of esters is 1. The summed E-state index contributed by atoms with van der Waals surface area (Å²) in [7, 11) is 0. The van der Waals surface area contributed by atoms with Gasteiger partial charge >= 0.3 is 5.97 Å². The fraction of sp³-hybridized carbons (Fsp3) is 0.474. The lowest BCUT2D eigenvalue weighted by molar-refractivity contribution is -0.144. The second kappa shape index (κ2) is 8.51. The smallest absolute Gasteiger partial charge is 0.331 e. The van der Waals surface area contributed by atoms with Crippen LogP contribution in [-0.4, -0.2) is 24.5 Å². The first-order chi connectivity index (χ1) is 11.1. The van der Waals surface area contributed by atoms with Crippen molar-refractivity contribution in [2.45, 2.75) is 45.6 Å². The van der Waals surface area contributed by atoms with E-state index in [1.54, 1.807) is 6.08 Å². The van der Waals surface area contributed by atoms with Gasteiger partial charge in [-0.15, -0.1) is 0 Å². The monoisotopic (exact) mass is 315 g/mol.